The van der Waals surface area contributed by atoms with Gasteiger partial charge < -0.3 is 15.0 Å². The molecule has 1 saturated carbocycles. The Balaban J connectivity index is 1.71. The van der Waals surface area contributed by atoms with Crippen LogP contribution >= 0.6 is 0 Å². The Labute approximate surface area is 116 Å². The van der Waals surface area contributed by atoms with Crippen molar-refractivity contribution in [1.29, 1.82) is 0 Å². The Morgan fingerprint density at radius 3 is 3.00 bits per heavy atom. The van der Waals surface area contributed by atoms with Crippen LogP contribution in [-0.4, -0.2) is 42.5 Å². The van der Waals surface area contributed by atoms with Gasteiger partial charge in [0.25, 0.3) is 5.91 Å². The number of hydrogen-bond acceptors (Lipinski definition) is 4. The summed E-state index contributed by atoms with van der Waals surface area (Å²) < 4.78 is 3.47. The van der Waals surface area contributed by atoms with Gasteiger partial charge in [0.15, 0.2) is 5.82 Å². The first-order valence-electron chi connectivity index (χ1n) is 6.70. The summed E-state index contributed by atoms with van der Waals surface area (Å²) in [7, 11) is 0. The quantitative estimate of drug-likeness (QED) is 0.835. The van der Waals surface area contributed by atoms with E-state index in [0.29, 0.717) is 18.8 Å². The third kappa shape index (κ3) is 2.09. The number of hydrogen-bond donors (Lipinski definition) is 2. The van der Waals surface area contributed by atoms with Crippen LogP contribution in [0.2, 0.25) is 0 Å². The number of aromatic nitrogens is 4. The van der Waals surface area contributed by atoms with Crippen LogP contribution in [0.4, 0.5) is 0 Å². The van der Waals surface area contributed by atoms with Crippen molar-refractivity contribution in [2.24, 2.45) is 0 Å². The molecule has 2 aromatic heterocycles. The average molecular weight is 275 g/mol. The lowest BCUT2D eigenvalue weighted by Gasteiger charge is -2.41. The minimum atomic E-state index is -0.480. The maximum Gasteiger partial charge on any atom is 0.287 e. The predicted octanol–water partition coefficient (Wildman–Crippen LogP) is 0.204. The van der Waals surface area contributed by atoms with E-state index in [0.717, 1.165) is 0 Å². The summed E-state index contributed by atoms with van der Waals surface area (Å²) in [5, 5.41) is 16.9. The molecule has 1 amide bonds. The molecule has 1 fully saturated rings. The van der Waals surface area contributed by atoms with Crippen molar-refractivity contribution in [2.45, 2.75) is 38.1 Å². The van der Waals surface area contributed by atoms with Crippen LogP contribution < -0.4 is 5.32 Å². The largest absolute Gasteiger partial charge is 0.391 e. The van der Waals surface area contributed by atoms with E-state index in [-0.39, 0.29) is 18.0 Å². The predicted molar refractivity (Wildman–Crippen MR) is 71.0 cm³/mol. The molecule has 3 rings (SSSR count). The van der Waals surface area contributed by atoms with E-state index in [2.05, 4.69) is 15.4 Å². The zero-order valence-corrected chi connectivity index (χ0v) is 11.2. The number of aryl methyl sites for hydroxylation is 1. The molecule has 20 heavy (non-hydrogen) atoms. The van der Waals surface area contributed by atoms with Gasteiger partial charge >= 0.3 is 0 Å². The zero-order chi connectivity index (χ0) is 14.1. The highest BCUT2D eigenvalue weighted by molar-refractivity contribution is 5.91. The fourth-order valence-electron chi connectivity index (χ4n) is 2.58. The molecule has 0 radical (unpaired) electrons. The molecule has 7 nitrogen and oxygen atoms in total. The number of aliphatic hydroxyl groups excluding tert-OH is 1. The molecule has 0 aliphatic heterocycles. The smallest absolute Gasteiger partial charge is 0.287 e. The van der Waals surface area contributed by atoms with Crippen LogP contribution in [0.25, 0.3) is 0 Å². The van der Waals surface area contributed by atoms with Crippen molar-refractivity contribution in [3.63, 3.8) is 0 Å². The third-order valence-corrected chi connectivity index (χ3v) is 3.71. The van der Waals surface area contributed by atoms with E-state index in [1.807, 2.05) is 6.92 Å². The van der Waals surface area contributed by atoms with E-state index in [4.69, 9.17) is 0 Å². The number of aliphatic hydroxyl groups is 1. The van der Waals surface area contributed by atoms with E-state index in [9.17, 15) is 9.90 Å². The molecule has 0 aromatic carbocycles. The number of nitrogens with zero attached hydrogens (tertiary/aromatic N) is 4. The number of imidazole rings is 1. The second-order valence-corrected chi connectivity index (χ2v) is 4.90. The van der Waals surface area contributed by atoms with Gasteiger partial charge in [-0.2, -0.15) is 5.10 Å². The molecule has 1 aliphatic rings. The summed E-state index contributed by atoms with van der Waals surface area (Å²) in [6, 6.07) is 1.46. The van der Waals surface area contributed by atoms with Crippen molar-refractivity contribution in [3.05, 3.63) is 36.7 Å². The van der Waals surface area contributed by atoms with E-state index < -0.39 is 6.10 Å². The standard InChI is InChI=1S/C13H17N5O2/c1-2-17-7-5-14-12(17)13(20)16-9-8-10(19)11(9)18-6-3-4-15-18/h3-7,9-11,19H,2,8H2,1H3,(H,16,20)/t9-,10+,11+/m0/s1. The Hall–Kier alpha value is -2.15. The zero-order valence-electron chi connectivity index (χ0n) is 11.2. The van der Waals surface area contributed by atoms with E-state index in [1.165, 1.54) is 0 Å². The number of nitrogens with one attached hydrogen (secondary N) is 1. The molecule has 0 spiro atoms. The van der Waals surface area contributed by atoms with Gasteiger partial charge in [0, 0.05) is 31.3 Å². The molecule has 2 aromatic rings. The number of carbonyl (C=O) groups is 1. The minimum Gasteiger partial charge on any atom is -0.391 e. The Morgan fingerprint density at radius 2 is 2.35 bits per heavy atom. The lowest BCUT2D eigenvalue weighted by Crippen LogP contribution is -2.56. The van der Waals surface area contributed by atoms with Crippen LogP contribution in [0.15, 0.2) is 30.9 Å². The molecular weight excluding hydrogens is 258 g/mol. The maximum absolute atomic E-state index is 12.2. The Bertz CT molecular complexity index is 592. The highest BCUT2D eigenvalue weighted by Gasteiger charge is 2.43. The van der Waals surface area contributed by atoms with Gasteiger partial charge in [-0.3, -0.25) is 9.48 Å². The topological polar surface area (TPSA) is 85.0 Å². The lowest BCUT2D eigenvalue weighted by atomic mass is 9.83. The lowest BCUT2D eigenvalue weighted by molar-refractivity contribution is -0.00608. The van der Waals surface area contributed by atoms with E-state index >= 15 is 0 Å². The van der Waals surface area contributed by atoms with Gasteiger partial charge in [0.1, 0.15) is 0 Å². The molecule has 0 bridgehead atoms. The Morgan fingerprint density at radius 1 is 1.50 bits per heavy atom. The second-order valence-electron chi connectivity index (χ2n) is 4.90. The van der Waals surface area contributed by atoms with Crippen molar-refractivity contribution in [1.82, 2.24) is 24.6 Å². The fourth-order valence-corrected chi connectivity index (χ4v) is 2.58. The van der Waals surface area contributed by atoms with Crippen LogP contribution in [0, 0.1) is 0 Å². The highest BCUT2D eigenvalue weighted by atomic mass is 16.3. The van der Waals surface area contributed by atoms with Crippen LogP contribution in [0.5, 0.6) is 0 Å². The second kappa shape index (κ2) is 5.09. The fraction of sp³-hybridized carbons (Fsp3) is 0.462. The monoisotopic (exact) mass is 275 g/mol. The summed E-state index contributed by atoms with van der Waals surface area (Å²) in [5.74, 6) is 0.180. The van der Waals surface area contributed by atoms with Crippen molar-refractivity contribution >= 4 is 5.91 Å². The summed E-state index contributed by atoms with van der Waals surface area (Å²) in [4.78, 5) is 16.3. The summed E-state index contributed by atoms with van der Waals surface area (Å²) in [6.07, 6.45) is 6.89. The van der Waals surface area contributed by atoms with Gasteiger partial charge in [-0.1, -0.05) is 0 Å². The van der Waals surface area contributed by atoms with Crippen molar-refractivity contribution < 1.29 is 9.90 Å². The molecule has 2 N–H and O–H groups in total. The molecule has 2 heterocycles. The molecule has 106 valence electrons. The normalized spacial score (nSPS) is 25.2. The highest BCUT2D eigenvalue weighted by Crippen LogP contribution is 2.32. The summed E-state index contributed by atoms with van der Waals surface area (Å²) >= 11 is 0. The van der Waals surface area contributed by atoms with Gasteiger partial charge in [-0.25, -0.2) is 4.98 Å². The van der Waals surface area contributed by atoms with Gasteiger partial charge in [-0.05, 0) is 19.4 Å². The molecule has 1 aliphatic carbocycles. The molecule has 7 heteroatoms. The van der Waals surface area contributed by atoms with Crippen molar-refractivity contribution in [3.8, 4) is 0 Å². The van der Waals surface area contributed by atoms with E-state index in [1.54, 1.807) is 40.1 Å². The van der Waals surface area contributed by atoms with Gasteiger partial charge in [0.2, 0.25) is 0 Å². The SMILES string of the molecule is CCn1ccnc1C(=O)N[C@H]1C[C@@H](O)[C@@H]1n1cccn1. The maximum atomic E-state index is 12.2. The molecular formula is C13H17N5O2. The molecule has 3 atom stereocenters. The van der Waals surface area contributed by atoms with Gasteiger partial charge in [-0.15, -0.1) is 0 Å². The van der Waals surface area contributed by atoms with Crippen LogP contribution in [0.3, 0.4) is 0 Å². The third-order valence-electron chi connectivity index (χ3n) is 3.71. The van der Waals surface area contributed by atoms with Crippen LogP contribution in [-0.2, 0) is 6.54 Å². The summed E-state index contributed by atoms with van der Waals surface area (Å²) in [6.45, 7) is 2.65. The number of carbonyl (C=O) groups excluding carboxylic acids is 1. The average Bonchev–Trinajstić information content (AvgIpc) is 3.07. The molecule has 0 unspecified atom stereocenters. The van der Waals surface area contributed by atoms with Crippen molar-refractivity contribution in [2.75, 3.05) is 0 Å². The minimum absolute atomic E-state index is 0.126. The first-order valence-corrected chi connectivity index (χ1v) is 6.70. The first-order chi connectivity index (χ1) is 9.70. The Kier molecular flexibility index (Phi) is 3.27. The number of rotatable bonds is 4. The number of amides is 1. The van der Waals surface area contributed by atoms with Crippen LogP contribution in [0.1, 0.15) is 30.0 Å². The summed E-state index contributed by atoms with van der Waals surface area (Å²) in [5.41, 5.74) is 0. The van der Waals surface area contributed by atoms with Gasteiger partial charge in [0.05, 0.1) is 18.2 Å². The molecule has 0 saturated heterocycles. The first kappa shape index (κ1) is 12.9.